The fraction of sp³-hybridized carbons (Fsp3) is 0.500. The molecule has 0 bridgehead atoms. The molecule has 0 aliphatic rings. The average Bonchev–Trinajstić information content (AvgIpc) is 2.29. The maximum Gasteiger partial charge on any atom is 0.236 e. The average molecular weight is 243 g/mol. The van der Waals surface area contributed by atoms with E-state index in [1.807, 2.05) is 6.92 Å². The standard InChI is InChI=1S/C10H17N3O2S/c1-3-11-7-8-16(14,15)13(2)10-5-4-6-12-9-10/h4-6,9,11H,3,7-8H2,1-2H3. The van der Waals surface area contributed by atoms with Crippen molar-refractivity contribution in [2.45, 2.75) is 6.92 Å². The molecule has 0 aliphatic carbocycles. The van der Waals surface area contributed by atoms with Crippen LogP contribution in [0.25, 0.3) is 0 Å². The molecule has 0 saturated heterocycles. The lowest BCUT2D eigenvalue weighted by atomic mass is 10.4. The van der Waals surface area contributed by atoms with Crippen LogP contribution in [0.5, 0.6) is 0 Å². The number of anilines is 1. The monoisotopic (exact) mass is 243 g/mol. The molecule has 16 heavy (non-hydrogen) atoms. The Labute approximate surface area is 96.5 Å². The lowest BCUT2D eigenvalue weighted by Gasteiger charge is -2.18. The zero-order valence-corrected chi connectivity index (χ0v) is 10.4. The van der Waals surface area contributed by atoms with Crippen molar-refractivity contribution in [1.82, 2.24) is 10.3 Å². The Hall–Kier alpha value is -1.14. The first-order valence-electron chi connectivity index (χ1n) is 5.15. The molecule has 90 valence electrons. The van der Waals surface area contributed by atoms with E-state index < -0.39 is 10.0 Å². The lowest BCUT2D eigenvalue weighted by molar-refractivity contribution is 0.590. The zero-order chi connectivity index (χ0) is 12.0. The van der Waals surface area contributed by atoms with Gasteiger partial charge < -0.3 is 5.32 Å². The molecule has 0 aliphatic heterocycles. The first-order valence-corrected chi connectivity index (χ1v) is 6.76. The van der Waals surface area contributed by atoms with Gasteiger partial charge in [-0.25, -0.2) is 8.42 Å². The molecule has 1 heterocycles. The number of nitrogens with zero attached hydrogens (tertiary/aromatic N) is 2. The largest absolute Gasteiger partial charge is 0.316 e. The van der Waals surface area contributed by atoms with Gasteiger partial charge in [0.25, 0.3) is 0 Å². The number of rotatable bonds is 6. The number of pyridine rings is 1. The van der Waals surface area contributed by atoms with Gasteiger partial charge in [-0.1, -0.05) is 6.92 Å². The fourth-order valence-electron chi connectivity index (χ4n) is 1.22. The second kappa shape index (κ2) is 5.81. The van der Waals surface area contributed by atoms with Gasteiger partial charge in [-0.15, -0.1) is 0 Å². The topological polar surface area (TPSA) is 62.3 Å². The van der Waals surface area contributed by atoms with E-state index in [1.54, 1.807) is 18.3 Å². The van der Waals surface area contributed by atoms with Crippen LogP contribution in [0.4, 0.5) is 5.69 Å². The van der Waals surface area contributed by atoms with Crippen LogP contribution in [-0.4, -0.2) is 39.3 Å². The second-order valence-electron chi connectivity index (χ2n) is 3.35. The van der Waals surface area contributed by atoms with E-state index >= 15 is 0 Å². The van der Waals surface area contributed by atoms with E-state index in [2.05, 4.69) is 10.3 Å². The fourth-order valence-corrected chi connectivity index (χ4v) is 2.32. The van der Waals surface area contributed by atoms with Crippen LogP contribution < -0.4 is 9.62 Å². The van der Waals surface area contributed by atoms with Crippen LogP contribution >= 0.6 is 0 Å². The highest BCUT2D eigenvalue weighted by molar-refractivity contribution is 7.92. The summed E-state index contributed by atoms with van der Waals surface area (Å²) in [6, 6.07) is 3.43. The van der Waals surface area contributed by atoms with Crippen LogP contribution in [0.15, 0.2) is 24.5 Å². The molecule has 0 fully saturated rings. The third kappa shape index (κ3) is 3.46. The summed E-state index contributed by atoms with van der Waals surface area (Å²) in [7, 11) is -1.71. The molecule has 0 radical (unpaired) electrons. The van der Waals surface area contributed by atoms with Crippen LogP contribution in [0.2, 0.25) is 0 Å². The Morgan fingerprint density at radius 2 is 2.25 bits per heavy atom. The van der Waals surface area contributed by atoms with Crippen LogP contribution in [-0.2, 0) is 10.0 Å². The minimum Gasteiger partial charge on any atom is -0.316 e. The van der Waals surface area contributed by atoms with Crippen molar-refractivity contribution >= 4 is 15.7 Å². The van der Waals surface area contributed by atoms with E-state index in [1.165, 1.54) is 17.5 Å². The summed E-state index contributed by atoms with van der Waals surface area (Å²) in [5, 5.41) is 2.99. The van der Waals surface area contributed by atoms with Crippen molar-refractivity contribution in [3.8, 4) is 0 Å². The number of sulfonamides is 1. The summed E-state index contributed by atoms with van der Waals surface area (Å²) < 4.78 is 25.0. The summed E-state index contributed by atoms with van der Waals surface area (Å²) >= 11 is 0. The predicted octanol–water partition coefficient (Wildman–Crippen LogP) is 0.457. The quantitative estimate of drug-likeness (QED) is 0.737. The molecule has 1 N–H and O–H groups in total. The maximum absolute atomic E-state index is 11.9. The van der Waals surface area contributed by atoms with Crippen LogP contribution in [0.3, 0.4) is 0 Å². The highest BCUT2D eigenvalue weighted by atomic mass is 32.2. The Kier molecular flexibility index (Phi) is 4.70. The summed E-state index contributed by atoms with van der Waals surface area (Å²) in [6.07, 6.45) is 3.15. The number of aromatic nitrogens is 1. The summed E-state index contributed by atoms with van der Waals surface area (Å²) in [5.41, 5.74) is 0.582. The van der Waals surface area contributed by atoms with Crippen molar-refractivity contribution in [1.29, 1.82) is 0 Å². The SMILES string of the molecule is CCNCCS(=O)(=O)N(C)c1cccnc1. The molecule has 0 spiro atoms. The molecule has 0 amide bonds. The second-order valence-corrected chi connectivity index (χ2v) is 5.47. The molecule has 0 aromatic carbocycles. The van der Waals surface area contributed by atoms with Gasteiger partial charge in [0.1, 0.15) is 0 Å². The van der Waals surface area contributed by atoms with Gasteiger partial charge in [0, 0.05) is 19.8 Å². The maximum atomic E-state index is 11.9. The molecule has 1 rings (SSSR count). The van der Waals surface area contributed by atoms with E-state index in [4.69, 9.17) is 0 Å². The first-order chi connectivity index (χ1) is 7.58. The highest BCUT2D eigenvalue weighted by Gasteiger charge is 2.17. The summed E-state index contributed by atoms with van der Waals surface area (Å²) in [5.74, 6) is 0.0895. The van der Waals surface area contributed by atoms with E-state index in [0.717, 1.165) is 6.54 Å². The van der Waals surface area contributed by atoms with Gasteiger partial charge in [0.05, 0.1) is 17.6 Å². The van der Waals surface area contributed by atoms with Gasteiger partial charge in [-0.05, 0) is 18.7 Å². The number of hydrogen-bond donors (Lipinski definition) is 1. The lowest BCUT2D eigenvalue weighted by Crippen LogP contribution is -2.33. The van der Waals surface area contributed by atoms with Gasteiger partial charge >= 0.3 is 0 Å². The molecule has 5 nitrogen and oxygen atoms in total. The van der Waals surface area contributed by atoms with E-state index in [-0.39, 0.29) is 5.75 Å². The Morgan fingerprint density at radius 3 is 2.81 bits per heavy atom. The summed E-state index contributed by atoms with van der Waals surface area (Å²) in [6.45, 7) is 3.17. The Balaban J connectivity index is 2.69. The molecule has 0 atom stereocenters. The molecule has 1 aromatic heterocycles. The van der Waals surface area contributed by atoms with E-state index in [9.17, 15) is 8.42 Å². The normalized spacial score (nSPS) is 11.4. The molecule has 6 heteroatoms. The van der Waals surface area contributed by atoms with E-state index in [0.29, 0.717) is 12.2 Å². The first kappa shape index (κ1) is 12.9. The Bertz CT molecular complexity index is 405. The van der Waals surface area contributed by atoms with Gasteiger partial charge in [-0.3, -0.25) is 9.29 Å². The van der Waals surface area contributed by atoms with Crippen molar-refractivity contribution < 1.29 is 8.42 Å². The highest BCUT2D eigenvalue weighted by Crippen LogP contribution is 2.13. The minimum atomic E-state index is -3.25. The summed E-state index contributed by atoms with van der Waals surface area (Å²) in [4.78, 5) is 3.89. The van der Waals surface area contributed by atoms with Crippen molar-refractivity contribution in [2.75, 3.05) is 30.2 Å². The predicted molar refractivity (Wildman–Crippen MR) is 65.0 cm³/mol. The molecule has 1 aromatic rings. The third-order valence-electron chi connectivity index (χ3n) is 2.21. The molecular formula is C10H17N3O2S. The molecule has 0 unspecified atom stereocenters. The van der Waals surface area contributed by atoms with Gasteiger partial charge in [0.15, 0.2) is 0 Å². The van der Waals surface area contributed by atoms with Crippen LogP contribution in [0, 0.1) is 0 Å². The molecule has 0 saturated carbocycles. The van der Waals surface area contributed by atoms with Gasteiger partial charge in [-0.2, -0.15) is 0 Å². The van der Waals surface area contributed by atoms with Crippen molar-refractivity contribution in [3.05, 3.63) is 24.5 Å². The minimum absolute atomic E-state index is 0.0895. The third-order valence-corrected chi connectivity index (χ3v) is 3.98. The zero-order valence-electron chi connectivity index (χ0n) is 9.55. The molecular weight excluding hydrogens is 226 g/mol. The van der Waals surface area contributed by atoms with Crippen molar-refractivity contribution in [3.63, 3.8) is 0 Å². The van der Waals surface area contributed by atoms with Crippen LogP contribution in [0.1, 0.15) is 6.92 Å². The smallest absolute Gasteiger partial charge is 0.236 e. The van der Waals surface area contributed by atoms with Crippen molar-refractivity contribution in [2.24, 2.45) is 0 Å². The Morgan fingerprint density at radius 1 is 1.50 bits per heavy atom. The van der Waals surface area contributed by atoms with Gasteiger partial charge in [0.2, 0.25) is 10.0 Å². The number of nitrogens with one attached hydrogen (secondary N) is 1. The number of hydrogen-bond acceptors (Lipinski definition) is 4.